The molecule has 2 rings (SSSR count). The summed E-state index contributed by atoms with van der Waals surface area (Å²) in [7, 11) is 0. The summed E-state index contributed by atoms with van der Waals surface area (Å²) in [5, 5.41) is 9.01. The molecule has 1 atom stereocenters. The zero-order chi connectivity index (χ0) is 14.9. The number of carbonyl (C=O) groups is 1. The Kier molecular flexibility index (Phi) is 3.92. The molecule has 0 aliphatic carbocycles. The first-order valence-electron chi connectivity index (χ1n) is 5.80. The maximum Gasteiger partial charge on any atom is 0.372 e. The van der Waals surface area contributed by atoms with Crippen molar-refractivity contribution in [3.05, 3.63) is 52.3 Å². The number of hydrogen-bond donors (Lipinski definition) is 2. The van der Waals surface area contributed by atoms with Crippen molar-refractivity contribution in [2.75, 3.05) is 0 Å². The van der Waals surface area contributed by atoms with Crippen LogP contribution in [0.15, 0.2) is 35.1 Å². The Morgan fingerprint density at radius 3 is 2.95 bits per heavy atom. The van der Waals surface area contributed by atoms with Crippen LogP contribution in [-0.2, 0) is 12.1 Å². The first-order chi connectivity index (χ1) is 9.31. The van der Waals surface area contributed by atoms with Gasteiger partial charge in [-0.15, -0.1) is 0 Å². The second-order valence-electron chi connectivity index (χ2n) is 4.73. The third-order valence-electron chi connectivity index (χ3n) is 2.95. The molecule has 20 heavy (non-hydrogen) atoms. The lowest BCUT2D eigenvalue weighted by Crippen LogP contribution is -2.39. The van der Waals surface area contributed by atoms with Gasteiger partial charge in [-0.3, -0.25) is 0 Å². The molecule has 0 radical (unpaired) electrons. The van der Waals surface area contributed by atoms with Crippen molar-refractivity contribution in [2.24, 2.45) is 5.73 Å². The van der Waals surface area contributed by atoms with Crippen LogP contribution in [0.1, 0.15) is 23.1 Å². The number of nitrogens with zero attached hydrogens (tertiary/aromatic N) is 2. The van der Waals surface area contributed by atoms with Gasteiger partial charge in [-0.2, -0.15) is 0 Å². The van der Waals surface area contributed by atoms with Gasteiger partial charge in [0.05, 0.1) is 5.54 Å². The van der Waals surface area contributed by atoms with E-state index in [9.17, 15) is 9.18 Å². The lowest BCUT2D eigenvalue weighted by molar-refractivity contribution is 0.0676. The van der Waals surface area contributed by atoms with Crippen molar-refractivity contribution in [2.45, 2.75) is 19.0 Å². The van der Waals surface area contributed by atoms with Crippen LogP contribution in [0, 0.1) is 5.82 Å². The molecule has 1 unspecified atom stereocenters. The minimum Gasteiger partial charge on any atom is -0.475 e. The van der Waals surface area contributed by atoms with Gasteiger partial charge in [0.1, 0.15) is 5.82 Å². The molecule has 0 amide bonds. The summed E-state index contributed by atoms with van der Waals surface area (Å²) in [6.45, 7) is 1.74. The van der Waals surface area contributed by atoms with E-state index in [1.54, 1.807) is 19.1 Å². The molecular formula is C13H13BrFN3O2. The lowest BCUT2D eigenvalue weighted by Gasteiger charge is -2.26. The van der Waals surface area contributed by atoms with Crippen LogP contribution >= 0.6 is 15.9 Å². The van der Waals surface area contributed by atoms with E-state index in [0.29, 0.717) is 10.0 Å². The van der Waals surface area contributed by atoms with Crippen LogP contribution in [0.25, 0.3) is 0 Å². The molecule has 7 heteroatoms. The summed E-state index contributed by atoms with van der Waals surface area (Å²) in [6, 6.07) is 4.48. The fraction of sp³-hybridized carbons (Fsp3) is 0.231. The molecule has 0 saturated heterocycles. The highest BCUT2D eigenvalue weighted by atomic mass is 79.9. The first kappa shape index (κ1) is 14.7. The van der Waals surface area contributed by atoms with Crippen molar-refractivity contribution < 1.29 is 14.3 Å². The maximum atomic E-state index is 13.9. The van der Waals surface area contributed by atoms with Gasteiger partial charge in [0, 0.05) is 29.0 Å². The molecule has 106 valence electrons. The van der Waals surface area contributed by atoms with Crippen LogP contribution in [-0.4, -0.2) is 20.6 Å². The molecular weight excluding hydrogens is 329 g/mol. The van der Waals surface area contributed by atoms with Crippen LogP contribution in [0.3, 0.4) is 0 Å². The quantitative estimate of drug-likeness (QED) is 0.894. The molecule has 0 saturated carbocycles. The summed E-state index contributed by atoms with van der Waals surface area (Å²) in [6.07, 6.45) is 2.88. The molecule has 5 nitrogen and oxygen atoms in total. The highest BCUT2D eigenvalue weighted by Crippen LogP contribution is 2.26. The number of halogens is 2. The lowest BCUT2D eigenvalue weighted by atomic mass is 9.92. The Balaban J connectivity index is 2.38. The monoisotopic (exact) mass is 341 g/mol. The predicted octanol–water partition coefficient (Wildman–Crippen LogP) is 2.36. The Hall–Kier alpha value is -1.73. The topological polar surface area (TPSA) is 81.1 Å². The van der Waals surface area contributed by atoms with Crippen LogP contribution in [0.5, 0.6) is 0 Å². The Labute approximate surface area is 123 Å². The van der Waals surface area contributed by atoms with Gasteiger partial charge < -0.3 is 15.4 Å². The van der Waals surface area contributed by atoms with E-state index in [0.717, 1.165) is 0 Å². The summed E-state index contributed by atoms with van der Waals surface area (Å²) >= 11 is 3.27. The second-order valence-corrected chi connectivity index (χ2v) is 5.64. The average molecular weight is 342 g/mol. The van der Waals surface area contributed by atoms with E-state index < -0.39 is 17.3 Å². The van der Waals surface area contributed by atoms with Gasteiger partial charge in [-0.25, -0.2) is 14.2 Å². The van der Waals surface area contributed by atoms with Crippen molar-refractivity contribution in [1.29, 1.82) is 0 Å². The molecule has 2 aromatic rings. The van der Waals surface area contributed by atoms with Gasteiger partial charge in [0.15, 0.2) is 0 Å². The number of rotatable bonds is 4. The zero-order valence-corrected chi connectivity index (χ0v) is 12.3. The number of aromatic nitrogens is 2. The van der Waals surface area contributed by atoms with Crippen molar-refractivity contribution in [3.8, 4) is 0 Å². The SMILES string of the molecule is CC(N)(Cn1ccnc1C(=O)O)c1cc(Br)ccc1F. The second kappa shape index (κ2) is 5.34. The third kappa shape index (κ3) is 2.88. The zero-order valence-electron chi connectivity index (χ0n) is 10.7. The smallest absolute Gasteiger partial charge is 0.372 e. The Morgan fingerprint density at radius 2 is 2.30 bits per heavy atom. The van der Waals surface area contributed by atoms with Gasteiger partial charge in [-0.1, -0.05) is 15.9 Å². The third-order valence-corrected chi connectivity index (χ3v) is 3.44. The van der Waals surface area contributed by atoms with Gasteiger partial charge in [0.25, 0.3) is 0 Å². The molecule has 0 aliphatic rings. The minimum absolute atomic E-state index is 0.0992. The molecule has 1 heterocycles. The molecule has 3 N–H and O–H groups in total. The number of aromatic carboxylic acids is 1. The summed E-state index contributed by atoms with van der Waals surface area (Å²) < 4.78 is 16.0. The van der Waals surface area contributed by atoms with Crippen molar-refractivity contribution >= 4 is 21.9 Å². The van der Waals surface area contributed by atoms with E-state index in [1.165, 1.54) is 23.0 Å². The summed E-state index contributed by atoms with van der Waals surface area (Å²) in [4.78, 5) is 14.8. The number of benzene rings is 1. The van der Waals surface area contributed by atoms with E-state index in [2.05, 4.69) is 20.9 Å². The fourth-order valence-corrected chi connectivity index (χ4v) is 2.37. The van der Waals surface area contributed by atoms with Crippen LogP contribution in [0.2, 0.25) is 0 Å². The minimum atomic E-state index is -1.15. The largest absolute Gasteiger partial charge is 0.475 e. The molecule has 0 aliphatic heterocycles. The standard InChI is InChI=1S/C13H13BrFN3O2/c1-13(16,9-6-8(14)2-3-10(9)15)7-18-5-4-17-11(18)12(19)20/h2-6H,7,16H2,1H3,(H,19,20). The van der Waals surface area contributed by atoms with Crippen LogP contribution in [0.4, 0.5) is 4.39 Å². The number of imidazole rings is 1. The Morgan fingerprint density at radius 1 is 1.60 bits per heavy atom. The summed E-state index contributed by atoms with van der Waals surface area (Å²) in [5.74, 6) is -1.72. The predicted molar refractivity (Wildman–Crippen MR) is 74.8 cm³/mol. The average Bonchev–Trinajstić information content (AvgIpc) is 2.79. The first-order valence-corrected chi connectivity index (χ1v) is 6.59. The van der Waals surface area contributed by atoms with Gasteiger partial charge in [-0.05, 0) is 25.1 Å². The van der Waals surface area contributed by atoms with E-state index in [4.69, 9.17) is 10.8 Å². The summed E-state index contributed by atoms with van der Waals surface area (Å²) in [5.41, 5.74) is 5.40. The molecule has 0 spiro atoms. The molecule has 1 aromatic carbocycles. The van der Waals surface area contributed by atoms with E-state index >= 15 is 0 Å². The normalized spacial score (nSPS) is 14.0. The number of nitrogens with two attached hydrogens (primary N) is 1. The molecule has 1 aromatic heterocycles. The maximum absolute atomic E-state index is 13.9. The molecule has 0 fully saturated rings. The van der Waals surface area contributed by atoms with E-state index in [-0.39, 0.29) is 12.4 Å². The highest BCUT2D eigenvalue weighted by molar-refractivity contribution is 9.10. The van der Waals surface area contributed by atoms with Crippen molar-refractivity contribution in [1.82, 2.24) is 9.55 Å². The van der Waals surface area contributed by atoms with E-state index in [1.807, 2.05) is 0 Å². The van der Waals surface area contributed by atoms with Crippen molar-refractivity contribution in [3.63, 3.8) is 0 Å². The number of carboxylic acid groups (broad SMARTS) is 1. The highest BCUT2D eigenvalue weighted by Gasteiger charge is 2.27. The number of carboxylic acids is 1. The number of hydrogen-bond acceptors (Lipinski definition) is 3. The van der Waals surface area contributed by atoms with Crippen LogP contribution < -0.4 is 5.73 Å². The van der Waals surface area contributed by atoms with Gasteiger partial charge >= 0.3 is 5.97 Å². The Bertz CT molecular complexity index is 655. The van der Waals surface area contributed by atoms with Gasteiger partial charge in [0.2, 0.25) is 5.82 Å². The molecule has 0 bridgehead atoms. The fourth-order valence-electron chi connectivity index (χ4n) is 2.01.